The first-order valence-corrected chi connectivity index (χ1v) is 4.88. The van der Waals surface area contributed by atoms with Crippen LogP contribution in [-0.2, 0) is 13.9 Å². The van der Waals surface area contributed by atoms with Gasteiger partial charge in [0.15, 0.2) is 6.61 Å². The first-order chi connectivity index (χ1) is 5.54. The van der Waals surface area contributed by atoms with E-state index in [0.717, 1.165) is 0 Å². The zero-order chi connectivity index (χ0) is 9.98. The van der Waals surface area contributed by atoms with E-state index in [1.54, 1.807) is 0 Å². The van der Waals surface area contributed by atoms with E-state index in [9.17, 15) is 9.36 Å². The fourth-order valence-corrected chi connectivity index (χ4v) is 0.370. The van der Waals surface area contributed by atoms with Crippen molar-refractivity contribution < 1.29 is 23.9 Å². The fourth-order valence-electron chi connectivity index (χ4n) is 0.123. The summed E-state index contributed by atoms with van der Waals surface area (Å²) in [6, 6.07) is 0. The van der Waals surface area contributed by atoms with Gasteiger partial charge in [0.25, 0.3) is 0 Å². The van der Waals surface area contributed by atoms with Crippen molar-refractivity contribution in [3.63, 3.8) is 0 Å². The van der Waals surface area contributed by atoms with Gasteiger partial charge in [-0.25, -0.2) is 4.79 Å². The summed E-state index contributed by atoms with van der Waals surface area (Å²) >= 11 is 0. The quantitative estimate of drug-likeness (QED) is 0.664. The molecule has 5 nitrogen and oxygen atoms in total. The zero-order valence-electron chi connectivity index (χ0n) is 7.24. The SMILES string of the molecule is CCCC.O=C(O)CO[PH](=O)O. The molecule has 1 atom stereocenters. The Hall–Kier alpha value is -0.380. The maximum atomic E-state index is 9.60. The molecule has 0 saturated heterocycles. The topological polar surface area (TPSA) is 83.8 Å². The van der Waals surface area contributed by atoms with Crippen molar-refractivity contribution in [2.75, 3.05) is 6.61 Å². The number of hydrogen-bond donors (Lipinski definition) is 2. The summed E-state index contributed by atoms with van der Waals surface area (Å²) in [5.74, 6) is -1.25. The Bertz CT molecular complexity index is 120. The highest BCUT2D eigenvalue weighted by Crippen LogP contribution is 2.12. The number of carbonyl (C=O) groups is 1. The van der Waals surface area contributed by atoms with Crippen LogP contribution in [0.3, 0.4) is 0 Å². The second-order valence-electron chi connectivity index (χ2n) is 1.95. The Morgan fingerprint density at radius 3 is 1.92 bits per heavy atom. The molecule has 0 aliphatic heterocycles. The van der Waals surface area contributed by atoms with Gasteiger partial charge in [-0.15, -0.1) is 0 Å². The monoisotopic (exact) mass is 198 g/mol. The molecule has 0 fully saturated rings. The summed E-state index contributed by atoms with van der Waals surface area (Å²) < 4.78 is 13.4. The zero-order valence-corrected chi connectivity index (χ0v) is 8.24. The average molecular weight is 198 g/mol. The molecule has 74 valence electrons. The van der Waals surface area contributed by atoms with E-state index < -0.39 is 20.8 Å². The molecule has 0 spiro atoms. The van der Waals surface area contributed by atoms with E-state index in [1.807, 2.05) is 0 Å². The van der Waals surface area contributed by atoms with Crippen molar-refractivity contribution in [1.82, 2.24) is 0 Å². The van der Waals surface area contributed by atoms with E-state index in [-0.39, 0.29) is 0 Å². The number of unbranched alkanes of at least 4 members (excludes halogenated alkanes) is 1. The highest BCUT2D eigenvalue weighted by atomic mass is 31.1. The third-order valence-corrected chi connectivity index (χ3v) is 1.21. The Balaban J connectivity index is 0. The molecule has 0 aromatic carbocycles. The van der Waals surface area contributed by atoms with Crippen molar-refractivity contribution in [3.05, 3.63) is 0 Å². The van der Waals surface area contributed by atoms with Crippen LogP contribution in [0.1, 0.15) is 26.7 Å². The Labute approximate surface area is 72.3 Å². The number of aliphatic carboxylic acids is 1. The Morgan fingerprint density at radius 2 is 1.83 bits per heavy atom. The predicted molar refractivity (Wildman–Crippen MR) is 45.4 cm³/mol. The van der Waals surface area contributed by atoms with Gasteiger partial charge in [-0.05, 0) is 0 Å². The lowest BCUT2D eigenvalue weighted by molar-refractivity contribution is -0.139. The molecule has 0 heterocycles. The summed E-state index contributed by atoms with van der Waals surface area (Å²) in [6.45, 7) is 3.65. The average Bonchev–Trinajstić information content (AvgIpc) is 2.01. The Kier molecular flexibility index (Phi) is 12.5. The molecule has 2 N–H and O–H groups in total. The van der Waals surface area contributed by atoms with Crippen LogP contribution in [0.25, 0.3) is 0 Å². The summed E-state index contributed by atoms with van der Waals surface area (Å²) in [6.07, 6.45) is 2.64. The minimum absolute atomic E-state index is 0.714. The van der Waals surface area contributed by atoms with Crippen LogP contribution in [0.15, 0.2) is 0 Å². The molecule has 0 amide bonds. The van der Waals surface area contributed by atoms with Crippen LogP contribution >= 0.6 is 8.25 Å². The van der Waals surface area contributed by atoms with Crippen LogP contribution in [-0.4, -0.2) is 22.6 Å². The molecule has 0 aromatic heterocycles. The summed E-state index contributed by atoms with van der Waals surface area (Å²) in [5.41, 5.74) is 0. The molecule has 0 rings (SSSR count). The maximum absolute atomic E-state index is 9.60. The molecule has 0 bridgehead atoms. The Morgan fingerprint density at radius 1 is 1.42 bits per heavy atom. The molecule has 0 aromatic rings. The second kappa shape index (κ2) is 10.6. The van der Waals surface area contributed by atoms with Crippen molar-refractivity contribution in [2.45, 2.75) is 26.7 Å². The molecule has 0 aliphatic rings. The van der Waals surface area contributed by atoms with Crippen LogP contribution in [0.4, 0.5) is 0 Å². The molecule has 6 heteroatoms. The second-order valence-corrected chi connectivity index (χ2v) is 2.77. The van der Waals surface area contributed by atoms with Crippen molar-refractivity contribution >= 4 is 14.2 Å². The number of hydrogen-bond acceptors (Lipinski definition) is 3. The van der Waals surface area contributed by atoms with Crippen LogP contribution in [0.5, 0.6) is 0 Å². The molecule has 12 heavy (non-hydrogen) atoms. The van der Waals surface area contributed by atoms with Gasteiger partial charge in [-0.2, -0.15) is 0 Å². The third-order valence-electron chi connectivity index (χ3n) is 0.819. The fraction of sp³-hybridized carbons (Fsp3) is 0.833. The minimum atomic E-state index is -3.06. The van der Waals surface area contributed by atoms with Gasteiger partial charge in [0.05, 0.1) is 0 Å². The van der Waals surface area contributed by atoms with E-state index in [0.29, 0.717) is 0 Å². The van der Waals surface area contributed by atoms with E-state index in [4.69, 9.17) is 10.00 Å². The minimum Gasteiger partial charge on any atom is -0.480 e. The number of rotatable bonds is 4. The van der Waals surface area contributed by atoms with Gasteiger partial charge in [0, 0.05) is 0 Å². The van der Waals surface area contributed by atoms with Crippen LogP contribution < -0.4 is 0 Å². The predicted octanol–water partition coefficient (Wildman–Crippen LogP) is 1.28. The standard InChI is InChI=1S/C4H10.C2H5O5P/c1-3-4-2;3-2(4)1-7-8(5)6/h3-4H2,1-2H3;8H,1H2,(H,3,4)(H,5,6). The molecule has 0 aliphatic carbocycles. The molecular formula is C6H15O5P. The molecule has 0 radical (unpaired) electrons. The molecular weight excluding hydrogens is 183 g/mol. The van der Waals surface area contributed by atoms with E-state index in [2.05, 4.69) is 18.4 Å². The lowest BCUT2D eigenvalue weighted by Gasteiger charge is -1.90. The summed E-state index contributed by atoms with van der Waals surface area (Å²) in [7, 11) is -3.06. The van der Waals surface area contributed by atoms with E-state index >= 15 is 0 Å². The number of carboxylic acid groups (broad SMARTS) is 1. The first-order valence-electron chi connectivity index (χ1n) is 3.62. The molecule has 0 saturated carbocycles. The molecule has 1 unspecified atom stereocenters. The van der Waals surface area contributed by atoms with Crippen LogP contribution in [0, 0.1) is 0 Å². The van der Waals surface area contributed by atoms with Gasteiger partial charge in [0.2, 0.25) is 0 Å². The summed E-state index contributed by atoms with van der Waals surface area (Å²) in [4.78, 5) is 17.4. The lowest BCUT2D eigenvalue weighted by Crippen LogP contribution is -2.01. The summed E-state index contributed by atoms with van der Waals surface area (Å²) in [5, 5.41) is 7.80. The van der Waals surface area contributed by atoms with Crippen molar-refractivity contribution in [3.8, 4) is 0 Å². The first kappa shape index (κ1) is 14.2. The maximum Gasteiger partial charge on any atom is 0.330 e. The normalized spacial score (nSPS) is 11.2. The van der Waals surface area contributed by atoms with Gasteiger partial charge >= 0.3 is 14.2 Å². The van der Waals surface area contributed by atoms with Gasteiger partial charge in [0.1, 0.15) is 0 Å². The highest BCUT2D eigenvalue weighted by molar-refractivity contribution is 7.32. The smallest absolute Gasteiger partial charge is 0.330 e. The lowest BCUT2D eigenvalue weighted by atomic mass is 10.4. The van der Waals surface area contributed by atoms with Gasteiger partial charge in [-0.3, -0.25) is 9.09 Å². The van der Waals surface area contributed by atoms with Crippen LogP contribution in [0.2, 0.25) is 0 Å². The third kappa shape index (κ3) is 22.6. The number of carboxylic acids is 1. The van der Waals surface area contributed by atoms with Gasteiger partial charge in [-0.1, -0.05) is 26.7 Å². The van der Waals surface area contributed by atoms with E-state index in [1.165, 1.54) is 12.8 Å². The highest BCUT2D eigenvalue weighted by Gasteiger charge is 1.97. The largest absolute Gasteiger partial charge is 0.480 e. The van der Waals surface area contributed by atoms with Gasteiger partial charge < -0.3 is 10.00 Å². The van der Waals surface area contributed by atoms with Crippen molar-refractivity contribution in [2.24, 2.45) is 0 Å². The van der Waals surface area contributed by atoms with Crippen molar-refractivity contribution in [1.29, 1.82) is 0 Å².